The van der Waals surface area contributed by atoms with Gasteiger partial charge in [-0.2, -0.15) is 0 Å². The number of nitrogens with two attached hydrogens (primary N) is 1. The van der Waals surface area contributed by atoms with E-state index in [-0.39, 0.29) is 18.6 Å². The summed E-state index contributed by atoms with van der Waals surface area (Å²) in [7, 11) is 0. The van der Waals surface area contributed by atoms with E-state index < -0.39 is 17.5 Å². The van der Waals surface area contributed by atoms with Gasteiger partial charge in [0.25, 0.3) is 0 Å². The van der Waals surface area contributed by atoms with Crippen molar-refractivity contribution in [1.29, 1.82) is 0 Å². The summed E-state index contributed by atoms with van der Waals surface area (Å²) in [6, 6.07) is 0. The summed E-state index contributed by atoms with van der Waals surface area (Å²) in [4.78, 5) is 22.1. The molecule has 0 radical (unpaired) electrons. The number of cyclic esters (lactones) is 1. The Morgan fingerprint density at radius 2 is 2.33 bits per heavy atom. The van der Waals surface area contributed by atoms with Gasteiger partial charge in [0.2, 0.25) is 0 Å². The van der Waals surface area contributed by atoms with E-state index in [0.29, 0.717) is 6.29 Å². The Kier molecular flexibility index (Phi) is 3.26. The second-order valence-electron chi connectivity index (χ2n) is 3.29. The van der Waals surface area contributed by atoms with Crippen molar-refractivity contribution >= 4 is 12.3 Å². The third-order valence-electron chi connectivity index (χ3n) is 2.52. The van der Waals surface area contributed by atoms with Gasteiger partial charge < -0.3 is 20.4 Å². The zero-order chi connectivity index (χ0) is 11.5. The molecule has 5 nitrogen and oxygen atoms in total. The molecular formula is C10H13NO4. The van der Waals surface area contributed by atoms with Crippen LogP contribution >= 0.6 is 0 Å². The molecule has 5 heteroatoms. The van der Waals surface area contributed by atoms with Gasteiger partial charge in [-0.15, -0.1) is 6.58 Å². The standard InChI is InChI=1S/C10H13NO4/c1-2-7(6-12)10(14)3-4-15-9(13)8(10)5-11/h2,5-7,14H,1,3-4,11H2/t7-,10+/m1/s1. The zero-order valence-corrected chi connectivity index (χ0v) is 8.18. The van der Waals surface area contributed by atoms with Crippen molar-refractivity contribution in [3.05, 3.63) is 24.4 Å². The molecule has 1 heterocycles. The monoisotopic (exact) mass is 211 g/mol. The van der Waals surface area contributed by atoms with Gasteiger partial charge in [-0.1, -0.05) is 6.08 Å². The van der Waals surface area contributed by atoms with Crippen molar-refractivity contribution in [3.8, 4) is 0 Å². The number of carbonyl (C=O) groups is 2. The van der Waals surface area contributed by atoms with Crippen molar-refractivity contribution in [3.63, 3.8) is 0 Å². The SMILES string of the molecule is C=C[C@H](C=O)[C@@]1(O)CCOC(=O)C1=CN. The molecule has 1 aliphatic rings. The number of aldehydes is 1. The largest absolute Gasteiger partial charge is 0.462 e. The van der Waals surface area contributed by atoms with Crippen LogP contribution in [-0.4, -0.2) is 29.6 Å². The molecule has 0 aromatic heterocycles. The van der Waals surface area contributed by atoms with Crippen LogP contribution in [0.15, 0.2) is 24.4 Å². The van der Waals surface area contributed by atoms with Crippen LogP contribution < -0.4 is 5.73 Å². The zero-order valence-electron chi connectivity index (χ0n) is 8.18. The number of rotatable bonds is 3. The Morgan fingerprint density at radius 3 is 2.80 bits per heavy atom. The fourth-order valence-corrected chi connectivity index (χ4v) is 1.61. The summed E-state index contributed by atoms with van der Waals surface area (Å²) in [5, 5.41) is 10.2. The van der Waals surface area contributed by atoms with Crippen molar-refractivity contribution in [2.24, 2.45) is 11.7 Å². The molecule has 1 fully saturated rings. The molecule has 0 saturated carbocycles. The third-order valence-corrected chi connectivity index (χ3v) is 2.52. The maximum absolute atomic E-state index is 11.3. The second kappa shape index (κ2) is 4.27. The first-order chi connectivity index (χ1) is 7.10. The average Bonchev–Trinajstić information content (AvgIpc) is 2.19. The normalized spacial score (nSPS) is 30.7. The van der Waals surface area contributed by atoms with Gasteiger partial charge in [0.1, 0.15) is 11.9 Å². The summed E-state index contributed by atoms with van der Waals surface area (Å²) in [6.07, 6.45) is 2.93. The summed E-state index contributed by atoms with van der Waals surface area (Å²) in [5.74, 6) is -1.56. The van der Waals surface area contributed by atoms with Crippen LogP contribution in [0.2, 0.25) is 0 Å². The van der Waals surface area contributed by atoms with Gasteiger partial charge in [-0.05, 0) is 0 Å². The number of hydrogen-bond acceptors (Lipinski definition) is 5. The highest BCUT2D eigenvalue weighted by molar-refractivity contribution is 5.92. The Morgan fingerprint density at radius 1 is 1.67 bits per heavy atom. The first-order valence-corrected chi connectivity index (χ1v) is 4.50. The van der Waals surface area contributed by atoms with Crippen LogP contribution in [0, 0.1) is 5.92 Å². The van der Waals surface area contributed by atoms with Crippen LogP contribution in [0.5, 0.6) is 0 Å². The minimum Gasteiger partial charge on any atom is -0.462 e. The van der Waals surface area contributed by atoms with E-state index in [1.54, 1.807) is 0 Å². The predicted molar refractivity (Wildman–Crippen MR) is 52.5 cm³/mol. The molecule has 2 atom stereocenters. The summed E-state index contributed by atoms with van der Waals surface area (Å²) < 4.78 is 4.72. The Labute approximate surface area is 87.2 Å². The quantitative estimate of drug-likeness (QED) is 0.284. The highest BCUT2D eigenvalue weighted by Gasteiger charge is 2.45. The first-order valence-electron chi connectivity index (χ1n) is 4.50. The Balaban J connectivity index is 3.12. The fraction of sp³-hybridized carbons (Fsp3) is 0.400. The van der Waals surface area contributed by atoms with Gasteiger partial charge in [0, 0.05) is 12.6 Å². The molecule has 0 unspecified atom stereocenters. The average molecular weight is 211 g/mol. The lowest BCUT2D eigenvalue weighted by molar-refractivity contribution is -0.150. The van der Waals surface area contributed by atoms with Crippen molar-refractivity contribution < 1.29 is 19.4 Å². The lowest BCUT2D eigenvalue weighted by atomic mass is 9.78. The van der Waals surface area contributed by atoms with E-state index in [4.69, 9.17) is 10.5 Å². The van der Waals surface area contributed by atoms with Gasteiger partial charge >= 0.3 is 5.97 Å². The topological polar surface area (TPSA) is 89.6 Å². The first kappa shape index (κ1) is 11.5. The van der Waals surface area contributed by atoms with Crippen LogP contribution in [0.3, 0.4) is 0 Å². The molecule has 1 saturated heterocycles. The predicted octanol–water partition coefficient (Wildman–Crippen LogP) is -0.492. The molecule has 0 spiro atoms. The molecule has 0 aromatic carbocycles. The van der Waals surface area contributed by atoms with E-state index in [1.165, 1.54) is 6.08 Å². The van der Waals surface area contributed by atoms with Crippen LogP contribution in [0.25, 0.3) is 0 Å². The highest BCUT2D eigenvalue weighted by atomic mass is 16.5. The second-order valence-corrected chi connectivity index (χ2v) is 3.29. The molecular weight excluding hydrogens is 198 g/mol. The maximum Gasteiger partial charge on any atom is 0.338 e. The summed E-state index contributed by atoms with van der Waals surface area (Å²) in [6.45, 7) is 3.50. The molecule has 1 aliphatic heterocycles. The smallest absolute Gasteiger partial charge is 0.338 e. The van der Waals surface area contributed by atoms with Crippen molar-refractivity contribution in [2.45, 2.75) is 12.0 Å². The minimum absolute atomic E-state index is 0.0604. The minimum atomic E-state index is -1.59. The molecule has 0 bridgehead atoms. The Hall–Kier alpha value is -1.62. The van der Waals surface area contributed by atoms with E-state index in [0.717, 1.165) is 6.20 Å². The van der Waals surface area contributed by atoms with E-state index >= 15 is 0 Å². The molecule has 82 valence electrons. The van der Waals surface area contributed by atoms with E-state index in [2.05, 4.69) is 6.58 Å². The number of esters is 1. The lowest BCUT2D eigenvalue weighted by Crippen LogP contribution is -2.47. The molecule has 0 amide bonds. The van der Waals surface area contributed by atoms with Crippen LogP contribution in [-0.2, 0) is 14.3 Å². The summed E-state index contributed by atoms with van der Waals surface area (Å²) in [5.41, 5.74) is 3.56. The van der Waals surface area contributed by atoms with E-state index in [9.17, 15) is 14.7 Å². The van der Waals surface area contributed by atoms with Crippen LogP contribution in [0.1, 0.15) is 6.42 Å². The number of carbonyl (C=O) groups excluding carboxylic acids is 2. The van der Waals surface area contributed by atoms with Gasteiger partial charge in [-0.3, -0.25) is 0 Å². The van der Waals surface area contributed by atoms with Crippen molar-refractivity contribution in [2.75, 3.05) is 6.61 Å². The van der Waals surface area contributed by atoms with Crippen molar-refractivity contribution in [1.82, 2.24) is 0 Å². The lowest BCUT2D eigenvalue weighted by Gasteiger charge is -2.35. The maximum atomic E-state index is 11.3. The van der Waals surface area contributed by atoms with Gasteiger partial charge in [0.05, 0.1) is 18.1 Å². The van der Waals surface area contributed by atoms with Gasteiger partial charge in [0.15, 0.2) is 0 Å². The molecule has 3 N–H and O–H groups in total. The fourth-order valence-electron chi connectivity index (χ4n) is 1.61. The highest BCUT2D eigenvalue weighted by Crippen LogP contribution is 2.33. The molecule has 0 aliphatic carbocycles. The molecule has 1 rings (SSSR count). The molecule has 0 aromatic rings. The molecule has 15 heavy (non-hydrogen) atoms. The van der Waals surface area contributed by atoms with Crippen LogP contribution in [0.4, 0.5) is 0 Å². The number of aliphatic hydroxyl groups is 1. The summed E-state index contributed by atoms with van der Waals surface area (Å²) >= 11 is 0. The third kappa shape index (κ3) is 1.78. The van der Waals surface area contributed by atoms with Gasteiger partial charge in [-0.25, -0.2) is 4.79 Å². The van der Waals surface area contributed by atoms with E-state index in [1.807, 2.05) is 0 Å². The Bertz CT molecular complexity index is 315. The number of ether oxygens (including phenoxy) is 1. The number of hydrogen-bond donors (Lipinski definition) is 2.